The van der Waals surface area contributed by atoms with Gasteiger partial charge in [-0.2, -0.15) is 0 Å². The molecular formula is C12H23N3O2. The van der Waals surface area contributed by atoms with Crippen LogP contribution < -0.4 is 11.1 Å². The van der Waals surface area contributed by atoms with Crippen LogP contribution in [0.5, 0.6) is 0 Å². The monoisotopic (exact) mass is 241 g/mol. The van der Waals surface area contributed by atoms with Gasteiger partial charge < -0.3 is 16.0 Å². The molecular weight excluding hydrogens is 218 g/mol. The highest BCUT2D eigenvalue weighted by Gasteiger charge is 2.37. The van der Waals surface area contributed by atoms with Gasteiger partial charge in [0, 0.05) is 18.5 Å². The lowest BCUT2D eigenvalue weighted by atomic mass is 9.92. The molecule has 1 fully saturated rings. The molecule has 0 saturated carbocycles. The van der Waals surface area contributed by atoms with Gasteiger partial charge in [0.25, 0.3) is 0 Å². The first-order valence-corrected chi connectivity index (χ1v) is 6.21. The number of hydrogen-bond donors (Lipinski definition) is 2. The maximum atomic E-state index is 12.3. The van der Waals surface area contributed by atoms with Crippen molar-refractivity contribution in [3.05, 3.63) is 0 Å². The van der Waals surface area contributed by atoms with E-state index in [1.165, 1.54) is 0 Å². The number of hydrogen-bond acceptors (Lipinski definition) is 3. The quantitative estimate of drug-likeness (QED) is 0.724. The zero-order valence-electron chi connectivity index (χ0n) is 11.0. The molecule has 1 heterocycles. The van der Waals surface area contributed by atoms with Gasteiger partial charge in [-0.15, -0.1) is 0 Å². The average molecular weight is 241 g/mol. The minimum atomic E-state index is -0.489. The summed E-state index contributed by atoms with van der Waals surface area (Å²) in [5, 5.41) is 3.18. The van der Waals surface area contributed by atoms with Gasteiger partial charge in [0.15, 0.2) is 0 Å². The summed E-state index contributed by atoms with van der Waals surface area (Å²) in [6.07, 6.45) is 2.04. The number of nitrogens with two attached hydrogens (primary N) is 1. The predicted octanol–water partition coefficient (Wildman–Crippen LogP) is 0.241. The number of primary amides is 1. The SMILES string of the molecule is CCNC1CCCN(C(C)(C)CC(N)=O)C1=O. The highest BCUT2D eigenvalue weighted by Crippen LogP contribution is 2.24. The van der Waals surface area contributed by atoms with Crippen molar-refractivity contribution in [2.45, 2.75) is 51.6 Å². The fourth-order valence-electron chi connectivity index (χ4n) is 2.43. The summed E-state index contributed by atoms with van der Waals surface area (Å²) in [5.74, 6) is -0.280. The minimum absolute atomic E-state index is 0.0874. The molecule has 2 amide bonds. The first-order chi connectivity index (χ1) is 7.88. The number of piperidine rings is 1. The van der Waals surface area contributed by atoms with E-state index in [4.69, 9.17) is 5.73 Å². The Morgan fingerprint density at radius 1 is 1.59 bits per heavy atom. The number of nitrogens with one attached hydrogen (secondary N) is 1. The summed E-state index contributed by atoms with van der Waals surface area (Å²) in [6.45, 7) is 7.26. The molecule has 0 spiro atoms. The first-order valence-electron chi connectivity index (χ1n) is 6.21. The first kappa shape index (κ1) is 14.0. The van der Waals surface area contributed by atoms with Crippen LogP contribution in [-0.2, 0) is 9.59 Å². The Labute approximate surface area is 103 Å². The van der Waals surface area contributed by atoms with E-state index in [1.807, 2.05) is 20.8 Å². The lowest BCUT2D eigenvalue weighted by Crippen LogP contribution is -2.58. The third kappa shape index (κ3) is 3.43. The largest absolute Gasteiger partial charge is 0.370 e. The molecule has 1 rings (SSSR count). The number of carbonyl (C=O) groups excluding carboxylic acids is 2. The van der Waals surface area contributed by atoms with Gasteiger partial charge in [0.05, 0.1) is 6.04 Å². The second-order valence-corrected chi connectivity index (χ2v) is 5.20. The number of likely N-dealkylation sites (tertiary alicyclic amines) is 1. The van der Waals surface area contributed by atoms with Gasteiger partial charge in [0.2, 0.25) is 11.8 Å². The van der Waals surface area contributed by atoms with E-state index in [0.717, 1.165) is 19.4 Å². The molecule has 0 aromatic rings. The molecule has 1 unspecified atom stereocenters. The summed E-state index contributed by atoms with van der Waals surface area (Å²) in [4.78, 5) is 25.1. The zero-order chi connectivity index (χ0) is 13.1. The number of likely N-dealkylation sites (N-methyl/N-ethyl adjacent to an activating group) is 1. The second-order valence-electron chi connectivity index (χ2n) is 5.20. The van der Waals surface area contributed by atoms with Crippen LogP contribution in [0, 0.1) is 0 Å². The van der Waals surface area contributed by atoms with Crippen LogP contribution in [0.1, 0.15) is 40.0 Å². The zero-order valence-corrected chi connectivity index (χ0v) is 11.0. The fourth-order valence-corrected chi connectivity index (χ4v) is 2.43. The van der Waals surface area contributed by atoms with Crippen LogP contribution in [0.25, 0.3) is 0 Å². The summed E-state index contributed by atoms with van der Waals surface area (Å²) >= 11 is 0. The molecule has 17 heavy (non-hydrogen) atoms. The highest BCUT2D eigenvalue weighted by atomic mass is 16.2. The molecule has 0 radical (unpaired) electrons. The fraction of sp³-hybridized carbons (Fsp3) is 0.833. The van der Waals surface area contributed by atoms with Crippen molar-refractivity contribution < 1.29 is 9.59 Å². The van der Waals surface area contributed by atoms with E-state index in [-0.39, 0.29) is 24.3 Å². The van der Waals surface area contributed by atoms with E-state index in [2.05, 4.69) is 5.32 Å². The standard InChI is InChI=1S/C12H23N3O2/c1-4-14-9-6-5-7-15(11(9)17)12(2,3)8-10(13)16/h9,14H,4-8H2,1-3H3,(H2,13,16). The molecule has 0 bridgehead atoms. The molecule has 0 aromatic carbocycles. The van der Waals surface area contributed by atoms with Crippen molar-refractivity contribution in [3.8, 4) is 0 Å². The van der Waals surface area contributed by atoms with Crippen LogP contribution in [-0.4, -0.2) is 41.4 Å². The van der Waals surface area contributed by atoms with Gasteiger partial charge in [-0.1, -0.05) is 6.92 Å². The lowest BCUT2D eigenvalue weighted by Gasteiger charge is -2.43. The molecule has 0 aliphatic carbocycles. The summed E-state index contributed by atoms with van der Waals surface area (Å²) in [7, 11) is 0. The number of amides is 2. The molecule has 98 valence electrons. The van der Waals surface area contributed by atoms with Crippen molar-refractivity contribution in [2.24, 2.45) is 5.73 Å². The Morgan fingerprint density at radius 2 is 2.24 bits per heavy atom. The smallest absolute Gasteiger partial charge is 0.240 e. The Balaban J connectivity index is 2.75. The molecule has 1 aliphatic heterocycles. The van der Waals surface area contributed by atoms with Gasteiger partial charge in [-0.3, -0.25) is 9.59 Å². The van der Waals surface area contributed by atoms with E-state index in [9.17, 15) is 9.59 Å². The third-order valence-electron chi connectivity index (χ3n) is 3.23. The van der Waals surface area contributed by atoms with Crippen molar-refractivity contribution in [2.75, 3.05) is 13.1 Å². The van der Waals surface area contributed by atoms with Gasteiger partial charge >= 0.3 is 0 Å². The molecule has 5 nitrogen and oxygen atoms in total. The van der Waals surface area contributed by atoms with Crippen LogP contribution in [0.4, 0.5) is 0 Å². The Kier molecular flexibility index (Phi) is 4.51. The number of rotatable bonds is 5. The van der Waals surface area contributed by atoms with E-state index >= 15 is 0 Å². The molecule has 1 aliphatic rings. The average Bonchev–Trinajstić information content (AvgIpc) is 2.19. The van der Waals surface area contributed by atoms with Crippen LogP contribution in [0.15, 0.2) is 0 Å². The summed E-state index contributed by atoms with van der Waals surface area (Å²) < 4.78 is 0. The lowest BCUT2D eigenvalue weighted by molar-refractivity contribution is -0.143. The Hall–Kier alpha value is -1.10. The van der Waals surface area contributed by atoms with Crippen LogP contribution >= 0.6 is 0 Å². The predicted molar refractivity (Wildman–Crippen MR) is 66.3 cm³/mol. The van der Waals surface area contributed by atoms with Crippen LogP contribution in [0.2, 0.25) is 0 Å². The highest BCUT2D eigenvalue weighted by molar-refractivity contribution is 5.84. The molecule has 0 aromatic heterocycles. The minimum Gasteiger partial charge on any atom is -0.370 e. The van der Waals surface area contributed by atoms with Crippen molar-refractivity contribution in [1.82, 2.24) is 10.2 Å². The Morgan fingerprint density at radius 3 is 2.76 bits per heavy atom. The van der Waals surface area contributed by atoms with Gasteiger partial charge in [0.1, 0.15) is 0 Å². The molecule has 1 saturated heterocycles. The van der Waals surface area contributed by atoms with Crippen molar-refractivity contribution in [1.29, 1.82) is 0 Å². The van der Waals surface area contributed by atoms with E-state index in [1.54, 1.807) is 4.90 Å². The molecule has 3 N–H and O–H groups in total. The maximum absolute atomic E-state index is 12.3. The maximum Gasteiger partial charge on any atom is 0.240 e. The van der Waals surface area contributed by atoms with Crippen molar-refractivity contribution in [3.63, 3.8) is 0 Å². The van der Waals surface area contributed by atoms with Gasteiger partial charge in [-0.05, 0) is 33.2 Å². The Bertz CT molecular complexity index is 300. The molecule has 5 heteroatoms. The molecule has 1 atom stereocenters. The van der Waals surface area contributed by atoms with Crippen molar-refractivity contribution >= 4 is 11.8 Å². The van der Waals surface area contributed by atoms with Crippen LogP contribution in [0.3, 0.4) is 0 Å². The summed E-state index contributed by atoms with van der Waals surface area (Å²) in [5.41, 5.74) is 4.74. The van der Waals surface area contributed by atoms with E-state index < -0.39 is 5.54 Å². The topological polar surface area (TPSA) is 75.4 Å². The third-order valence-corrected chi connectivity index (χ3v) is 3.23. The van der Waals surface area contributed by atoms with Gasteiger partial charge in [-0.25, -0.2) is 0 Å². The number of nitrogens with zero attached hydrogens (tertiary/aromatic N) is 1. The number of carbonyl (C=O) groups is 2. The van der Waals surface area contributed by atoms with E-state index in [0.29, 0.717) is 6.54 Å². The summed E-state index contributed by atoms with van der Waals surface area (Å²) in [6, 6.07) is -0.110. The normalized spacial score (nSPS) is 21.7. The second kappa shape index (κ2) is 5.49.